The van der Waals surface area contributed by atoms with Crippen LogP contribution >= 0.6 is 35.4 Å². The van der Waals surface area contributed by atoms with Gasteiger partial charge < -0.3 is 5.32 Å². The van der Waals surface area contributed by atoms with Crippen LogP contribution in [0, 0.1) is 13.8 Å². The fourth-order valence-electron chi connectivity index (χ4n) is 2.47. The molecule has 1 heterocycles. The van der Waals surface area contributed by atoms with Gasteiger partial charge in [0.2, 0.25) is 0 Å². The van der Waals surface area contributed by atoms with Gasteiger partial charge in [0.15, 0.2) is 5.11 Å². The van der Waals surface area contributed by atoms with Gasteiger partial charge in [0.25, 0.3) is 5.91 Å². The summed E-state index contributed by atoms with van der Waals surface area (Å²) in [6, 6.07) is 5.39. The van der Waals surface area contributed by atoms with Gasteiger partial charge >= 0.3 is 0 Å². The van der Waals surface area contributed by atoms with E-state index in [1.54, 1.807) is 30.4 Å². The number of aryl methyl sites for hydroxylation is 1. The van der Waals surface area contributed by atoms with E-state index in [2.05, 4.69) is 27.8 Å². The van der Waals surface area contributed by atoms with Crippen LogP contribution in [0.3, 0.4) is 0 Å². The van der Waals surface area contributed by atoms with Crippen molar-refractivity contribution in [2.24, 2.45) is 0 Å². The van der Waals surface area contributed by atoms with Crippen molar-refractivity contribution < 1.29 is 4.79 Å². The molecule has 1 aromatic carbocycles. The predicted molar refractivity (Wildman–Crippen MR) is 118 cm³/mol. The molecule has 0 radical (unpaired) electrons. The maximum atomic E-state index is 12.0. The fourth-order valence-corrected chi connectivity index (χ4v) is 3.12. The first-order valence-corrected chi connectivity index (χ1v) is 9.59. The largest absolute Gasteiger partial charge is 0.358 e. The molecule has 9 heteroatoms. The summed E-state index contributed by atoms with van der Waals surface area (Å²) in [5.74, 6) is -0.344. The number of amides is 1. The number of hydrogen-bond acceptors (Lipinski definition) is 3. The first-order valence-electron chi connectivity index (χ1n) is 8.43. The van der Waals surface area contributed by atoms with Crippen LogP contribution in [0.25, 0.3) is 6.08 Å². The van der Waals surface area contributed by atoms with Crippen LogP contribution in [-0.4, -0.2) is 27.3 Å². The van der Waals surface area contributed by atoms with Crippen molar-refractivity contribution in [1.82, 2.24) is 25.9 Å². The zero-order valence-electron chi connectivity index (χ0n) is 15.6. The minimum Gasteiger partial charge on any atom is -0.358 e. The van der Waals surface area contributed by atoms with Crippen LogP contribution in [0.5, 0.6) is 0 Å². The second-order valence-corrected chi connectivity index (χ2v) is 7.11. The molecule has 1 amide bonds. The minimum absolute atomic E-state index is 0.304. The third-order valence-electron chi connectivity index (χ3n) is 3.91. The summed E-state index contributed by atoms with van der Waals surface area (Å²) in [6.45, 7) is 8.32. The van der Waals surface area contributed by atoms with Gasteiger partial charge in [-0.25, -0.2) is 0 Å². The number of aromatic nitrogens is 2. The second-order valence-electron chi connectivity index (χ2n) is 5.89. The molecule has 0 unspecified atom stereocenters. The van der Waals surface area contributed by atoms with Crippen molar-refractivity contribution in [2.75, 3.05) is 6.54 Å². The Hall–Kier alpha value is -2.35. The summed E-state index contributed by atoms with van der Waals surface area (Å²) in [5.41, 5.74) is 8.43. The third-order valence-corrected chi connectivity index (χ3v) is 4.87. The molecule has 0 aliphatic heterocycles. The lowest BCUT2D eigenvalue weighted by molar-refractivity contribution is -0.116. The lowest BCUT2D eigenvalue weighted by Gasteiger charge is -2.09. The molecule has 1 aromatic heterocycles. The minimum atomic E-state index is -0.344. The average molecular weight is 438 g/mol. The number of thiocarbonyl (C=S) groups is 1. The molecule has 28 heavy (non-hydrogen) atoms. The molecular weight excluding hydrogens is 417 g/mol. The smallest absolute Gasteiger partial charge is 0.262 e. The lowest BCUT2D eigenvalue weighted by atomic mass is 10.1. The lowest BCUT2D eigenvalue weighted by Crippen LogP contribution is -2.46. The Kier molecular flexibility index (Phi) is 8.04. The van der Waals surface area contributed by atoms with Gasteiger partial charge in [0, 0.05) is 39.5 Å². The van der Waals surface area contributed by atoms with Gasteiger partial charge in [-0.1, -0.05) is 35.3 Å². The highest BCUT2D eigenvalue weighted by Crippen LogP contribution is 2.26. The molecule has 2 aromatic rings. The van der Waals surface area contributed by atoms with E-state index in [-0.39, 0.29) is 5.91 Å². The Balaban J connectivity index is 2.07. The summed E-state index contributed by atoms with van der Waals surface area (Å²) in [4.78, 5) is 12.0. The van der Waals surface area contributed by atoms with E-state index >= 15 is 0 Å². The maximum Gasteiger partial charge on any atom is 0.262 e. The van der Waals surface area contributed by atoms with Crippen LogP contribution < -0.4 is 16.2 Å². The standard InChI is InChI=1S/C19H21Cl2N5OS/c1-4-10-22-19(28)24-23-18(27)9-8-14-12(2)25-26(13(14)3)11-15-16(20)6-5-7-17(15)21/h4-9H,1,10-11H2,2-3H3,(H,23,27)(H2,22,24,28)/b9-8+. The number of rotatable bonds is 6. The third kappa shape index (κ3) is 5.82. The van der Waals surface area contributed by atoms with Gasteiger partial charge in [0.1, 0.15) is 0 Å². The zero-order chi connectivity index (χ0) is 20.7. The van der Waals surface area contributed by atoms with Crippen molar-refractivity contribution >= 4 is 52.5 Å². The number of nitrogens with zero attached hydrogens (tertiary/aromatic N) is 2. The Morgan fingerprint density at radius 2 is 1.96 bits per heavy atom. The van der Waals surface area contributed by atoms with Gasteiger partial charge in [-0.2, -0.15) is 5.10 Å². The van der Waals surface area contributed by atoms with Crippen LogP contribution in [0.1, 0.15) is 22.5 Å². The van der Waals surface area contributed by atoms with E-state index < -0.39 is 0 Å². The molecule has 0 saturated carbocycles. The summed E-state index contributed by atoms with van der Waals surface area (Å²) < 4.78 is 1.81. The molecule has 0 aliphatic rings. The molecule has 0 fully saturated rings. The van der Waals surface area contributed by atoms with Crippen molar-refractivity contribution in [3.8, 4) is 0 Å². The monoisotopic (exact) mass is 437 g/mol. The summed E-state index contributed by atoms with van der Waals surface area (Å²) >= 11 is 17.5. The van der Waals surface area contributed by atoms with Crippen LogP contribution in [0.2, 0.25) is 10.0 Å². The molecule has 3 N–H and O–H groups in total. The molecule has 148 valence electrons. The highest BCUT2D eigenvalue weighted by atomic mass is 35.5. The second kappa shape index (κ2) is 10.3. The number of benzene rings is 1. The van der Waals surface area contributed by atoms with Gasteiger partial charge in [-0.3, -0.25) is 20.3 Å². The van der Waals surface area contributed by atoms with E-state index in [1.807, 2.05) is 18.5 Å². The zero-order valence-corrected chi connectivity index (χ0v) is 17.9. The van der Waals surface area contributed by atoms with E-state index in [9.17, 15) is 4.79 Å². The number of halogens is 2. The van der Waals surface area contributed by atoms with Crippen LogP contribution in [0.15, 0.2) is 36.9 Å². The van der Waals surface area contributed by atoms with E-state index in [4.69, 9.17) is 35.4 Å². The molecule has 2 rings (SSSR count). The van der Waals surface area contributed by atoms with Crippen molar-refractivity contribution in [3.63, 3.8) is 0 Å². The topological polar surface area (TPSA) is 71.0 Å². The van der Waals surface area contributed by atoms with Gasteiger partial charge in [-0.15, -0.1) is 6.58 Å². The van der Waals surface area contributed by atoms with E-state index in [1.165, 1.54) is 6.08 Å². The molecule has 0 spiro atoms. The van der Waals surface area contributed by atoms with Crippen molar-refractivity contribution in [2.45, 2.75) is 20.4 Å². The Labute approximate surface area is 179 Å². The van der Waals surface area contributed by atoms with E-state index in [0.717, 1.165) is 22.5 Å². The maximum absolute atomic E-state index is 12.0. The number of carbonyl (C=O) groups is 1. The first kappa shape index (κ1) is 21.9. The SMILES string of the molecule is C=CCNC(=S)NNC(=O)/C=C/c1c(C)nn(Cc2c(Cl)cccc2Cl)c1C. The Morgan fingerprint density at radius 1 is 1.29 bits per heavy atom. The number of nitrogens with one attached hydrogen (secondary N) is 3. The number of carbonyl (C=O) groups excluding carboxylic acids is 1. The number of hydrogen-bond donors (Lipinski definition) is 3. The van der Waals surface area contributed by atoms with Gasteiger partial charge in [0.05, 0.1) is 12.2 Å². The normalized spacial score (nSPS) is 10.7. The molecule has 0 bridgehead atoms. The quantitative estimate of drug-likeness (QED) is 0.279. The fraction of sp³-hybridized carbons (Fsp3) is 0.211. The summed E-state index contributed by atoms with van der Waals surface area (Å²) in [5, 5.41) is 8.86. The highest BCUT2D eigenvalue weighted by molar-refractivity contribution is 7.80. The predicted octanol–water partition coefficient (Wildman–Crippen LogP) is 3.55. The van der Waals surface area contributed by atoms with E-state index in [0.29, 0.717) is 28.2 Å². The Bertz CT molecular complexity index is 903. The number of hydrazine groups is 1. The summed E-state index contributed by atoms with van der Waals surface area (Å²) in [7, 11) is 0. The first-order chi connectivity index (χ1) is 13.3. The highest BCUT2D eigenvalue weighted by Gasteiger charge is 2.13. The molecule has 6 nitrogen and oxygen atoms in total. The molecule has 0 saturated heterocycles. The molecule has 0 atom stereocenters. The average Bonchev–Trinajstić information content (AvgIpc) is 2.92. The van der Waals surface area contributed by atoms with Gasteiger partial charge in [-0.05, 0) is 44.3 Å². The molecular formula is C19H21Cl2N5OS. The summed E-state index contributed by atoms with van der Waals surface area (Å²) in [6.07, 6.45) is 4.78. The van der Waals surface area contributed by atoms with Crippen LogP contribution in [-0.2, 0) is 11.3 Å². The Morgan fingerprint density at radius 3 is 2.61 bits per heavy atom. The molecule has 0 aliphatic carbocycles. The van der Waals surface area contributed by atoms with Crippen molar-refractivity contribution in [1.29, 1.82) is 0 Å². The van der Waals surface area contributed by atoms with Crippen molar-refractivity contribution in [3.05, 3.63) is 69.5 Å². The van der Waals surface area contributed by atoms with Crippen LogP contribution in [0.4, 0.5) is 0 Å².